The fourth-order valence-electron chi connectivity index (χ4n) is 2.52. The number of nitrogens with one attached hydrogen (secondary N) is 1. The molecular formula is C19H26N2O5. The van der Waals surface area contributed by atoms with Gasteiger partial charge in [0.2, 0.25) is 0 Å². The number of nitrogens with two attached hydrogens (primary N) is 1. The van der Waals surface area contributed by atoms with Crippen molar-refractivity contribution in [1.29, 1.82) is 0 Å². The van der Waals surface area contributed by atoms with Gasteiger partial charge in [0.1, 0.15) is 5.75 Å². The third-order valence-corrected chi connectivity index (χ3v) is 3.89. The summed E-state index contributed by atoms with van der Waals surface area (Å²) in [7, 11) is 0. The second-order valence-corrected chi connectivity index (χ2v) is 6.38. The normalized spacial score (nSPS) is 19.5. The molecule has 0 bridgehead atoms. The van der Waals surface area contributed by atoms with Crippen molar-refractivity contribution in [3.63, 3.8) is 0 Å². The van der Waals surface area contributed by atoms with E-state index in [4.69, 9.17) is 19.9 Å². The average molecular weight is 362 g/mol. The van der Waals surface area contributed by atoms with Crippen molar-refractivity contribution in [2.24, 2.45) is 5.73 Å². The number of allylic oxidation sites excluding steroid dienone is 1. The zero-order chi connectivity index (χ0) is 18.9. The zero-order valence-corrected chi connectivity index (χ0v) is 15.2. The Kier molecular flexibility index (Phi) is 7.62. The van der Waals surface area contributed by atoms with Gasteiger partial charge in [-0.2, -0.15) is 0 Å². The molecule has 3 N–H and O–H groups in total. The molecule has 0 spiro atoms. The second kappa shape index (κ2) is 9.94. The predicted octanol–water partition coefficient (Wildman–Crippen LogP) is 1.42. The number of primary amides is 1. The van der Waals surface area contributed by atoms with E-state index in [2.05, 4.69) is 5.32 Å². The maximum absolute atomic E-state index is 12.5. The minimum Gasteiger partial charge on any atom is -0.484 e. The molecule has 1 aromatic rings. The molecule has 1 aliphatic heterocycles. The summed E-state index contributed by atoms with van der Waals surface area (Å²) in [5.41, 5.74) is 6.68. The number of amides is 2. The molecular weight excluding hydrogens is 336 g/mol. The largest absolute Gasteiger partial charge is 0.484 e. The van der Waals surface area contributed by atoms with Gasteiger partial charge in [-0.05, 0) is 38.5 Å². The smallest absolute Gasteiger partial charge is 0.255 e. The number of ether oxygens (including phenoxy) is 3. The van der Waals surface area contributed by atoms with Crippen molar-refractivity contribution in [1.82, 2.24) is 5.32 Å². The Morgan fingerprint density at radius 1 is 1.38 bits per heavy atom. The van der Waals surface area contributed by atoms with Crippen molar-refractivity contribution in [3.05, 3.63) is 41.5 Å². The average Bonchev–Trinajstić information content (AvgIpc) is 2.61. The molecule has 0 aromatic heterocycles. The lowest BCUT2D eigenvalue weighted by atomic mass is 10.1. The molecule has 1 aromatic carbocycles. The summed E-state index contributed by atoms with van der Waals surface area (Å²) in [4.78, 5) is 23.4. The molecule has 7 heteroatoms. The van der Waals surface area contributed by atoms with Crippen LogP contribution < -0.4 is 15.8 Å². The van der Waals surface area contributed by atoms with E-state index < -0.39 is 5.91 Å². The Bertz CT molecular complexity index is 655. The van der Waals surface area contributed by atoms with Gasteiger partial charge in [-0.15, -0.1) is 0 Å². The molecule has 0 unspecified atom stereocenters. The molecule has 1 aliphatic rings. The van der Waals surface area contributed by atoms with Crippen LogP contribution in [0.2, 0.25) is 0 Å². The van der Waals surface area contributed by atoms with Gasteiger partial charge >= 0.3 is 0 Å². The predicted molar refractivity (Wildman–Crippen MR) is 97.0 cm³/mol. The minimum absolute atomic E-state index is 0.0994. The van der Waals surface area contributed by atoms with Crippen LogP contribution in [0.15, 0.2) is 35.9 Å². The van der Waals surface area contributed by atoms with Gasteiger partial charge in [0.05, 0.1) is 25.4 Å². The van der Waals surface area contributed by atoms with Crippen LogP contribution >= 0.6 is 0 Å². The Morgan fingerprint density at radius 3 is 2.92 bits per heavy atom. The lowest BCUT2D eigenvalue weighted by Crippen LogP contribution is -2.50. The molecule has 2 amide bonds. The Hall–Kier alpha value is -2.38. The van der Waals surface area contributed by atoms with E-state index >= 15 is 0 Å². The molecule has 1 heterocycles. The molecule has 26 heavy (non-hydrogen) atoms. The van der Waals surface area contributed by atoms with Gasteiger partial charge in [-0.3, -0.25) is 9.59 Å². The molecule has 142 valence electrons. The molecule has 0 radical (unpaired) electrons. The van der Waals surface area contributed by atoms with Crippen LogP contribution in [0.3, 0.4) is 0 Å². The molecule has 1 fully saturated rings. The number of carbonyl (C=O) groups is 2. The first-order chi connectivity index (χ1) is 12.5. The number of hydrogen-bond acceptors (Lipinski definition) is 5. The summed E-state index contributed by atoms with van der Waals surface area (Å²) >= 11 is 0. The monoisotopic (exact) mass is 362 g/mol. The van der Waals surface area contributed by atoms with E-state index in [-0.39, 0.29) is 24.7 Å². The number of benzene rings is 1. The van der Waals surface area contributed by atoms with Crippen LogP contribution in [-0.2, 0) is 14.3 Å². The summed E-state index contributed by atoms with van der Waals surface area (Å²) in [6.45, 7) is 5.32. The molecule has 7 nitrogen and oxygen atoms in total. The fraction of sp³-hybridized carbons (Fsp3) is 0.474. The summed E-state index contributed by atoms with van der Waals surface area (Å²) in [6, 6.07) is 6.37. The molecule has 1 saturated heterocycles. The van der Waals surface area contributed by atoms with Gasteiger partial charge in [0.15, 0.2) is 6.61 Å². The Morgan fingerprint density at radius 2 is 2.19 bits per heavy atom. The molecule has 2 rings (SSSR count). The third kappa shape index (κ3) is 6.50. The molecule has 0 aliphatic carbocycles. The van der Waals surface area contributed by atoms with E-state index in [1.54, 1.807) is 24.3 Å². The highest BCUT2D eigenvalue weighted by Crippen LogP contribution is 2.16. The van der Waals surface area contributed by atoms with Crippen molar-refractivity contribution in [3.8, 4) is 5.75 Å². The maximum Gasteiger partial charge on any atom is 0.255 e. The maximum atomic E-state index is 12.5. The van der Waals surface area contributed by atoms with E-state index in [1.807, 2.05) is 19.9 Å². The van der Waals surface area contributed by atoms with Gasteiger partial charge < -0.3 is 25.3 Å². The zero-order valence-electron chi connectivity index (χ0n) is 15.2. The van der Waals surface area contributed by atoms with Crippen LogP contribution in [0.1, 0.15) is 30.6 Å². The van der Waals surface area contributed by atoms with Crippen LogP contribution in [0, 0.1) is 0 Å². The number of hydrogen-bond donors (Lipinski definition) is 2. The van der Waals surface area contributed by atoms with Crippen molar-refractivity contribution >= 4 is 11.8 Å². The van der Waals surface area contributed by atoms with Crippen molar-refractivity contribution in [2.45, 2.75) is 32.4 Å². The molecule has 2 atom stereocenters. The Labute approximate surface area is 153 Å². The summed E-state index contributed by atoms with van der Waals surface area (Å²) in [6.07, 6.45) is 2.63. The van der Waals surface area contributed by atoms with Gasteiger partial charge in [0.25, 0.3) is 11.8 Å². The van der Waals surface area contributed by atoms with E-state index in [0.29, 0.717) is 31.1 Å². The minimum atomic E-state index is -0.574. The summed E-state index contributed by atoms with van der Waals surface area (Å²) in [5, 5.41) is 2.96. The standard InChI is InChI=1S/C19H26N2O5/c1-13(2)6-9-25-17-7-8-24-11-16(17)21-19(23)14-4-3-5-15(10-14)26-12-18(20)22/h3-6,10,16-17H,7-9,11-12H2,1-2H3,(H2,20,22)(H,21,23)/t16-,17+/m1/s1. The van der Waals surface area contributed by atoms with Gasteiger partial charge in [-0.1, -0.05) is 17.7 Å². The summed E-state index contributed by atoms with van der Waals surface area (Å²) in [5.74, 6) is -0.413. The Balaban J connectivity index is 1.96. The van der Waals surface area contributed by atoms with Crippen molar-refractivity contribution < 1.29 is 23.8 Å². The highest BCUT2D eigenvalue weighted by molar-refractivity contribution is 5.94. The fourth-order valence-corrected chi connectivity index (χ4v) is 2.52. The highest BCUT2D eigenvalue weighted by Gasteiger charge is 2.28. The van der Waals surface area contributed by atoms with E-state index in [9.17, 15) is 9.59 Å². The lowest BCUT2D eigenvalue weighted by molar-refractivity contribution is -0.119. The van der Waals surface area contributed by atoms with E-state index in [0.717, 1.165) is 6.42 Å². The topological polar surface area (TPSA) is 99.9 Å². The first-order valence-corrected chi connectivity index (χ1v) is 8.60. The number of rotatable bonds is 8. The van der Waals surface area contributed by atoms with E-state index in [1.165, 1.54) is 5.57 Å². The molecule has 0 saturated carbocycles. The van der Waals surface area contributed by atoms with Crippen LogP contribution in [0.25, 0.3) is 0 Å². The quantitative estimate of drug-likeness (QED) is 0.681. The van der Waals surface area contributed by atoms with Crippen LogP contribution in [0.4, 0.5) is 0 Å². The third-order valence-electron chi connectivity index (χ3n) is 3.89. The first kappa shape index (κ1) is 19.9. The lowest BCUT2D eigenvalue weighted by Gasteiger charge is -2.32. The SMILES string of the molecule is CC(C)=CCO[C@H]1CCOC[C@H]1NC(=O)c1cccc(OCC(N)=O)c1. The summed E-state index contributed by atoms with van der Waals surface area (Å²) < 4.78 is 16.6. The van der Waals surface area contributed by atoms with Gasteiger partial charge in [-0.25, -0.2) is 0 Å². The van der Waals surface area contributed by atoms with Gasteiger partial charge in [0, 0.05) is 12.2 Å². The van der Waals surface area contributed by atoms with Crippen LogP contribution in [0.5, 0.6) is 5.75 Å². The number of carbonyl (C=O) groups excluding carboxylic acids is 2. The second-order valence-electron chi connectivity index (χ2n) is 6.38. The highest BCUT2D eigenvalue weighted by atomic mass is 16.5. The van der Waals surface area contributed by atoms with Crippen LogP contribution in [-0.4, -0.2) is 50.4 Å². The van der Waals surface area contributed by atoms with Crippen molar-refractivity contribution in [2.75, 3.05) is 26.4 Å². The first-order valence-electron chi connectivity index (χ1n) is 8.60.